The molecule has 1 aliphatic carbocycles. The first-order chi connectivity index (χ1) is 9.99. The number of aryl methyl sites for hydroxylation is 1. The first kappa shape index (κ1) is 16.1. The molecule has 2 rings (SSSR count). The van der Waals surface area contributed by atoms with E-state index in [1.54, 1.807) is 18.2 Å². The third-order valence-corrected chi connectivity index (χ3v) is 3.77. The molecule has 1 aliphatic rings. The number of ether oxygens (including phenoxy) is 1. The van der Waals surface area contributed by atoms with Crippen molar-refractivity contribution in [3.05, 3.63) is 29.8 Å². The van der Waals surface area contributed by atoms with Gasteiger partial charge in [-0.3, -0.25) is 0 Å². The van der Waals surface area contributed by atoms with Gasteiger partial charge in [0.25, 0.3) is 0 Å². The fraction of sp³-hybridized carbons (Fsp3) is 0.625. The van der Waals surface area contributed by atoms with Crippen molar-refractivity contribution in [2.75, 3.05) is 6.54 Å². The van der Waals surface area contributed by atoms with Gasteiger partial charge in [0.05, 0.1) is 0 Å². The van der Waals surface area contributed by atoms with E-state index >= 15 is 0 Å². The average Bonchev–Trinajstić information content (AvgIpc) is 3.23. The summed E-state index contributed by atoms with van der Waals surface area (Å²) in [5.41, 5.74) is 0.624. The van der Waals surface area contributed by atoms with E-state index in [0.29, 0.717) is 23.9 Å². The summed E-state index contributed by atoms with van der Waals surface area (Å²) >= 11 is 0. The third kappa shape index (κ3) is 5.58. The molecule has 0 aromatic heterocycles. The lowest BCUT2D eigenvalue weighted by Crippen LogP contribution is -2.32. The molecule has 0 spiro atoms. The molecule has 118 valence electrons. The van der Waals surface area contributed by atoms with Gasteiger partial charge in [-0.2, -0.15) is 0 Å². The lowest BCUT2D eigenvalue weighted by molar-refractivity contribution is -0.274. The maximum atomic E-state index is 12.4. The summed E-state index contributed by atoms with van der Waals surface area (Å²) in [6, 6.07) is 6.82. The van der Waals surface area contributed by atoms with E-state index in [9.17, 15) is 13.2 Å². The lowest BCUT2D eigenvalue weighted by Gasteiger charge is -2.19. The smallest absolute Gasteiger partial charge is 0.406 e. The zero-order valence-electron chi connectivity index (χ0n) is 12.2. The highest BCUT2D eigenvalue weighted by Gasteiger charge is 2.33. The molecule has 1 saturated carbocycles. The molecular weight excluding hydrogens is 279 g/mol. The number of nitrogens with one attached hydrogen (secondary N) is 1. The second-order valence-electron chi connectivity index (χ2n) is 5.59. The van der Waals surface area contributed by atoms with E-state index in [4.69, 9.17) is 0 Å². The molecule has 0 saturated heterocycles. The van der Waals surface area contributed by atoms with Crippen molar-refractivity contribution < 1.29 is 17.9 Å². The maximum absolute atomic E-state index is 12.4. The van der Waals surface area contributed by atoms with Crippen LogP contribution in [0.15, 0.2) is 24.3 Å². The van der Waals surface area contributed by atoms with Crippen LogP contribution in [0, 0.1) is 5.92 Å². The van der Waals surface area contributed by atoms with Gasteiger partial charge in [-0.15, -0.1) is 13.2 Å². The van der Waals surface area contributed by atoms with Crippen LogP contribution in [-0.2, 0) is 6.42 Å². The van der Waals surface area contributed by atoms with Gasteiger partial charge < -0.3 is 10.1 Å². The first-order valence-corrected chi connectivity index (χ1v) is 7.56. The zero-order valence-corrected chi connectivity index (χ0v) is 12.2. The van der Waals surface area contributed by atoms with E-state index in [2.05, 4.69) is 17.0 Å². The van der Waals surface area contributed by atoms with Gasteiger partial charge in [0, 0.05) is 6.04 Å². The van der Waals surface area contributed by atoms with Crippen LogP contribution in [0.5, 0.6) is 5.75 Å². The van der Waals surface area contributed by atoms with E-state index < -0.39 is 6.36 Å². The van der Waals surface area contributed by atoms with Gasteiger partial charge >= 0.3 is 6.36 Å². The molecule has 0 radical (unpaired) electrons. The van der Waals surface area contributed by atoms with Crippen molar-refractivity contribution in [2.45, 2.75) is 51.4 Å². The molecule has 1 N–H and O–H groups in total. The van der Waals surface area contributed by atoms with Crippen molar-refractivity contribution in [3.63, 3.8) is 0 Å². The molecule has 0 heterocycles. The molecule has 1 atom stereocenters. The molecule has 1 aromatic rings. The summed E-state index contributed by atoms with van der Waals surface area (Å²) in [7, 11) is 0. The van der Waals surface area contributed by atoms with E-state index in [-0.39, 0.29) is 5.75 Å². The Morgan fingerprint density at radius 3 is 2.62 bits per heavy atom. The van der Waals surface area contributed by atoms with Crippen molar-refractivity contribution in [2.24, 2.45) is 5.92 Å². The van der Waals surface area contributed by atoms with Gasteiger partial charge in [0.15, 0.2) is 0 Å². The minimum Gasteiger partial charge on any atom is -0.406 e. The van der Waals surface area contributed by atoms with E-state index in [1.807, 2.05) is 0 Å². The maximum Gasteiger partial charge on any atom is 0.573 e. The molecule has 0 aliphatic heterocycles. The van der Waals surface area contributed by atoms with Crippen LogP contribution >= 0.6 is 0 Å². The SMILES string of the molecule is CCCNC(CCc1ccccc1OC(F)(F)F)C1CC1. The van der Waals surface area contributed by atoms with Crippen molar-refractivity contribution >= 4 is 0 Å². The predicted octanol–water partition coefficient (Wildman–Crippen LogP) is 4.30. The molecule has 5 heteroatoms. The fourth-order valence-electron chi connectivity index (χ4n) is 2.58. The van der Waals surface area contributed by atoms with Crippen molar-refractivity contribution in [1.29, 1.82) is 0 Å². The number of benzene rings is 1. The molecular formula is C16H22F3NO. The van der Waals surface area contributed by atoms with Crippen LogP contribution in [-0.4, -0.2) is 18.9 Å². The Bertz CT molecular complexity index is 443. The van der Waals surface area contributed by atoms with E-state index in [1.165, 1.54) is 18.9 Å². The van der Waals surface area contributed by atoms with Crippen LogP contribution in [0.1, 0.15) is 38.2 Å². The van der Waals surface area contributed by atoms with Gasteiger partial charge in [-0.05, 0) is 56.2 Å². The highest BCUT2D eigenvalue weighted by Crippen LogP contribution is 2.35. The summed E-state index contributed by atoms with van der Waals surface area (Å²) in [6.07, 6.45) is 0.334. The number of para-hydroxylation sites is 1. The van der Waals surface area contributed by atoms with Gasteiger partial charge in [-0.1, -0.05) is 25.1 Å². The first-order valence-electron chi connectivity index (χ1n) is 7.56. The highest BCUT2D eigenvalue weighted by atomic mass is 19.4. The molecule has 2 nitrogen and oxygen atoms in total. The predicted molar refractivity (Wildman–Crippen MR) is 76.3 cm³/mol. The summed E-state index contributed by atoms with van der Waals surface area (Å²) in [4.78, 5) is 0. The fourth-order valence-corrected chi connectivity index (χ4v) is 2.58. The Balaban J connectivity index is 1.95. The molecule has 1 unspecified atom stereocenters. The number of halogens is 3. The molecule has 0 amide bonds. The van der Waals surface area contributed by atoms with Gasteiger partial charge in [0.2, 0.25) is 0 Å². The van der Waals surface area contributed by atoms with Gasteiger partial charge in [0.1, 0.15) is 5.75 Å². The minimum absolute atomic E-state index is 0.0740. The van der Waals surface area contributed by atoms with Crippen LogP contribution in [0.3, 0.4) is 0 Å². The van der Waals surface area contributed by atoms with Crippen LogP contribution in [0.4, 0.5) is 13.2 Å². The Morgan fingerprint density at radius 2 is 2.00 bits per heavy atom. The summed E-state index contributed by atoms with van der Waals surface area (Å²) < 4.78 is 41.3. The quantitative estimate of drug-likeness (QED) is 0.773. The molecule has 21 heavy (non-hydrogen) atoms. The average molecular weight is 301 g/mol. The van der Waals surface area contributed by atoms with E-state index in [0.717, 1.165) is 19.4 Å². The number of hydrogen-bond donors (Lipinski definition) is 1. The zero-order chi connectivity index (χ0) is 15.3. The molecule has 1 aromatic carbocycles. The summed E-state index contributed by atoms with van der Waals surface area (Å²) in [6.45, 7) is 3.07. The Labute approximate surface area is 123 Å². The van der Waals surface area contributed by atoms with Crippen LogP contribution < -0.4 is 10.1 Å². The summed E-state index contributed by atoms with van der Waals surface area (Å²) in [5, 5.41) is 3.51. The highest BCUT2D eigenvalue weighted by molar-refractivity contribution is 5.33. The molecule has 1 fully saturated rings. The topological polar surface area (TPSA) is 21.3 Å². The Morgan fingerprint density at radius 1 is 1.29 bits per heavy atom. The van der Waals surface area contributed by atoms with Crippen molar-refractivity contribution in [3.8, 4) is 5.75 Å². The standard InChI is InChI=1S/C16H22F3NO/c1-2-11-20-14(12-7-8-12)10-9-13-5-3-4-6-15(13)21-16(17,18)19/h3-6,12,14,20H,2,7-11H2,1H3. The monoisotopic (exact) mass is 301 g/mol. The Kier molecular flexibility index (Phi) is 5.51. The number of hydrogen-bond acceptors (Lipinski definition) is 2. The van der Waals surface area contributed by atoms with Crippen LogP contribution in [0.2, 0.25) is 0 Å². The third-order valence-electron chi connectivity index (χ3n) is 3.77. The number of alkyl halides is 3. The molecule has 0 bridgehead atoms. The second-order valence-corrected chi connectivity index (χ2v) is 5.59. The lowest BCUT2D eigenvalue weighted by atomic mass is 10.0. The minimum atomic E-state index is -4.63. The van der Waals surface area contributed by atoms with Gasteiger partial charge in [-0.25, -0.2) is 0 Å². The normalized spacial score (nSPS) is 16.8. The van der Waals surface area contributed by atoms with Crippen LogP contribution in [0.25, 0.3) is 0 Å². The number of rotatable bonds is 8. The second kappa shape index (κ2) is 7.16. The largest absolute Gasteiger partial charge is 0.573 e. The Hall–Kier alpha value is -1.23. The summed E-state index contributed by atoms with van der Waals surface area (Å²) in [5.74, 6) is 0.613. The van der Waals surface area contributed by atoms with Crippen molar-refractivity contribution in [1.82, 2.24) is 5.32 Å².